The highest BCUT2D eigenvalue weighted by atomic mass is 16.3. The Labute approximate surface area is 90.8 Å². The summed E-state index contributed by atoms with van der Waals surface area (Å²) in [6.45, 7) is 2.12. The van der Waals surface area contributed by atoms with Gasteiger partial charge in [-0.05, 0) is 31.0 Å². The fraction of sp³-hybridized carbons (Fsp3) is 0.583. The molecule has 1 fully saturated rings. The zero-order valence-electron chi connectivity index (χ0n) is 8.97. The number of hydrogen-bond acceptors (Lipinski definition) is 3. The van der Waals surface area contributed by atoms with Crippen LogP contribution in [0.1, 0.15) is 30.9 Å². The number of piperidine rings is 1. The van der Waals surface area contributed by atoms with Gasteiger partial charge in [-0.1, -0.05) is 12.5 Å². The Hall–Kier alpha value is -0.930. The van der Waals surface area contributed by atoms with Crippen molar-refractivity contribution in [3.05, 3.63) is 30.1 Å². The minimum Gasteiger partial charge on any atom is -0.395 e. The molecule has 2 heterocycles. The van der Waals surface area contributed by atoms with Crippen LogP contribution in [0.3, 0.4) is 0 Å². The van der Waals surface area contributed by atoms with Gasteiger partial charge in [-0.3, -0.25) is 9.88 Å². The second-order valence-corrected chi connectivity index (χ2v) is 4.06. The predicted octanol–water partition coefficient (Wildman–Crippen LogP) is 1.60. The van der Waals surface area contributed by atoms with Gasteiger partial charge in [0.05, 0.1) is 6.61 Å². The van der Waals surface area contributed by atoms with Crippen molar-refractivity contribution in [2.75, 3.05) is 19.7 Å². The Morgan fingerprint density at radius 1 is 1.47 bits per heavy atom. The minimum absolute atomic E-state index is 0.247. The molecule has 1 aromatic heterocycles. The molecular formula is C12H18N2O. The molecular weight excluding hydrogens is 188 g/mol. The Balaban J connectivity index is 2.11. The van der Waals surface area contributed by atoms with E-state index >= 15 is 0 Å². The van der Waals surface area contributed by atoms with Crippen molar-refractivity contribution in [3.63, 3.8) is 0 Å². The van der Waals surface area contributed by atoms with Crippen molar-refractivity contribution in [1.82, 2.24) is 9.88 Å². The molecule has 0 aromatic carbocycles. The van der Waals surface area contributed by atoms with Crippen LogP contribution < -0.4 is 0 Å². The SMILES string of the molecule is OCCN1CCCCC1c1cccnc1. The first kappa shape index (κ1) is 10.6. The minimum atomic E-state index is 0.247. The molecule has 82 valence electrons. The highest BCUT2D eigenvalue weighted by Crippen LogP contribution is 2.29. The third kappa shape index (κ3) is 2.55. The van der Waals surface area contributed by atoms with E-state index in [1.54, 1.807) is 0 Å². The van der Waals surface area contributed by atoms with E-state index in [4.69, 9.17) is 5.11 Å². The molecule has 1 unspecified atom stereocenters. The molecule has 0 saturated carbocycles. The highest BCUT2D eigenvalue weighted by Gasteiger charge is 2.23. The maximum Gasteiger partial charge on any atom is 0.0558 e. The van der Waals surface area contributed by atoms with Gasteiger partial charge in [-0.15, -0.1) is 0 Å². The van der Waals surface area contributed by atoms with E-state index in [-0.39, 0.29) is 6.61 Å². The second-order valence-electron chi connectivity index (χ2n) is 4.06. The summed E-state index contributed by atoms with van der Waals surface area (Å²) in [6.07, 6.45) is 7.47. The summed E-state index contributed by atoms with van der Waals surface area (Å²) in [5.74, 6) is 0. The lowest BCUT2D eigenvalue weighted by molar-refractivity contribution is 0.117. The standard InChI is InChI=1S/C12H18N2O/c15-9-8-14-7-2-1-5-12(14)11-4-3-6-13-10-11/h3-4,6,10,12,15H,1-2,5,7-9H2. The summed E-state index contributed by atoms with van der Waals surface area (Å²) in [6, 6.07) is 4.58. The number of aliphatic hydroxyl groups excluding tert-OH is 1. The highest BCUT2D eigenvalue weighted by molar-refractivity contribution is 5.14. The van der Waals surface area contributed by atoms with Crippen LogP contribution in [0, 0.1) is 0 Å². The number of aromatic nitrogens is 1. The molecule has 1 aliphatic heterocycles. The summed E-state index contributed by atoms with van der Waals surface area (Å²) in [5, 5.41) is 9.03. The zero-order chi connectivity index (χ0) is 10.5. The Morgan fingerprint density at radius 3 is 3.13 bits per heavy atom. The maximum atomic E-state index is 9.03. The molecule has 1 aromatic rings. The molecule has 3 heteroatoms. The normalized spacial score (nSPS) is 22.9. The fourth-order valence-electron chi connectivity index (χ4n) is 2.34. The van der Waals surface area contributed by atoms with E-state index in [2.05, 4.69) is 16.0 Å². The summed E-state index contributed by atoms with van der Waals surface area (Å²) < 4.78 is 0. The van der Waals surface area contributed by atoms with Gasteiger partial charge < -0.3 is 5.11 Å². The number of hydrogen-bond donors (Lipinski definition) is 1. The lowest BCUT2D eigenvalue weighted by Gasteiger charge is -2.35. The smallest absolute Gasteiger partial charge is 0.0558 e. The third-order valence-corrected chi connectivity index (χ3v) is 3.07. The van der Waals surface area contributed by atoms with Crippen molar-refractivity contribution < 1.29 is 5.11 Å². The van der Waals surface area contributed by atoms with Crippen molar-refractivity contribution in [3.8, 4) is 0 Å². The van der Waals surface area contributed by atoms with E-state index in [9.17, 15) is 0 Å². The van der Waals surface area contributed by atoms with Gasteiger partial charge in [0.25, 0.3) is 0 Å². The van der Waals surface area contributed by atoms with E-state index in [0.717, 1.165) is 13.1 Å². The topological polar surface area (TPSA) is 36.4 Å². The Bertz CT molecular complexity index is 287. The van der Waals surface area contributed by atoms with E-state index < -0.39 is 0 Å². The van der Waals surface area contributed by atoms with Crippen LogP contribution in [-0.4, -0.2) is 34.7 Å². The van der Waals surface area contributed by atoms with Gasteiger partial charge in [0.2, 0.25) is 0 Å². The summed E-state index contributed by atoms with van der Waals surface area (Å²) in [4.78, 5) is 6.53. The van der Waals surface area contributed by atoms with Crippen LogP contribution in [0.5, 0.6) is 0 Å². The zero-order valence-corrected chi connectivity index (χ0v) is 8.97. The second kappa shape index (κ2) is 5.24. The molecule has 0 bridgehead atoms. The average molecular weight is 206 g/mol. The average Bonchev–Trinajstić information content (AvgIpc) is 2.31. The van der Waals surface area contributed by atoms with Crippen molar-refractivity contribution in [1.29, 1.82) is 0 Å². The quantitative estimate of drug-likeness (QED) is 0.816. The number of pyridine rings is 1. The number of aliphatic hydroxyl groups is 1. The first-order valence-electron chi connectivity index (χ1n) is 5.66. The molecule has 15 heavy (non-hydrogen) atoms. The van der Waals surface area contributed by atoms with Gasteiger partial charge >= 0.3 is 0 Å². The summed E-state index contributed by atoms with van der Waals surface area (Å²) in [7, 11) is 0. The molecule has 0 spiro atoms. The van der Waals surface area contributed by atoms with Gasteiger partial charge in [-0.2, -0.15) is 0 Å². The van der Waals surface area contributed by atoms with E-state index in [1.165, 1.54) is 24.8 Å². The van der Waals surface area contributed by atoms with Gasteiger partial charge in [0.1, 0.15) is 0 Å². The Kier molecular flexibility index (Phi) is 3.69. The molecule has 0 amide bonds. The molecule has 1 aliphatic rings. The summed E-state index contributed by atoms with van der Waals surface area (Å²) >= 11 is 0. The Morgan fingerprint density at radius 2 is 2.40 bits per heavy atom. The number of nitrogens with zero attached hydrogens (tertiary/aromatic N) is 2. The lowest BCUT2D eigenvalue weighted by Crippen LogP contribution is -2.35. The van der Waals surface area contributed by atoms with E-state index in [1.807, 2.05) is 18.5 Å². The third-order valence-electron chi connectivity index (χ3n) is 3.07. The molecule has 2 rings (SSSR count). The van der Waals surface area contributed by atoms with Crippen molar-refractivity contribution >= 4 is 0 Å². The summed E-state index contributed by atoms with van der Waals surface area (Å²) in [5.41, 5.74) is 1.28. The monoisotopic (exact) mass is 206 g/mol. The van der Waals surface area contributed by atoms with Crippen molar-refractivity contribution in [2.24, 2.45) is 0 Å². The number of β-amino-alcohol motifs (C(OH)–C–C–N with tert-alkyl or cyclic N) is 1. The largest absolute Gasteiger partial charge is 0.395 e. The molecule has 1 N–H and O–H groups in total. The van der Waals surface area contributed by atoms with Crippen LogP contribution in [0.4, 0.5) is 0 Å². The molecule has 1 atom stereocenters. The van der Waals surface area contributed by atoms with Gasteiger partial charge in [0.15, 0.2) is 0 Å². The first-order valence-corrected chi connectivity index (χ1v) is 5.66. The molecule has 0 aliphatic carbocycles. The van der Waals surface area contributed by atoms with Crippen LogP contribution >= 0.6 is 0 Å². The van der Waals surface area contributed by atoms with Crippen molar-refractivity contribution in [2.45, 2.75) is 25.3 Å². The number of likely N-dealkylation sites (tertiary alicyclic amines) is 1. The van der Waals surface area contributed by atoms with Crippen LogP contribution in [-0.2, 0) is 0 Å². The molecule has 1 saturated heterocycles. The van der Waals surface area contributed by atoms with Crippen LogP contribution in [0.2, 0.25) is 0 Å². The van der Waals surface area contributed by atoms with Gasteiger partial charge in [0, 0.05) is 25.0 Å². The molecule has 0 radical (unpaired) electrons. The lowest BCUT2D eigenvalue weighted by atomic mass is 9.96. The maximum absolute atomic E-state index is 9.03. The van der Waals surface area contributed by atoms with Crippen LogP contribution in [0.15, 0.2) is 24.5 Å². The fourth-order valence-corrected chi connectivity index (χ4v) is 2.34. The first-order chi connectivity index (χ1) is 7.42. The van der Waals surface area contributed by atoms with E-state index in [0.29, 0.717) is 6.04 Å². The number of rotatable bonds is 3. The predicted molar refractivity (Wildman–Crippen MR) is 59.5 cm³/mol. The molecule has 3 nitrogen and oxygen atoms in total. The van der Waals surface area contributed by atoms with Gasteiger partial charge in [-0.25, -0.2) is 0 Å². The van der Waals surface area contributed by atoms with Crippen LogP contribution in [0.25, 0.3) is 0 Å².